The molecule has 0 radical (unpaired) electrons. The molecule has 6 N–H and O–H groups in total. The van der Waals surface area contributed by atoms with Crippen LogP contribution in [0.4, 0.5) is 24.5 Å². The van der Waals surface area contributed by atoms with E-state index in [4.69, 9.17) is 9.47 Å². The monoisotopic (exact) mass is 565 g/mol. The molecular formula is C21H27F3N5O8P. The van der Waals surface area contributed by atoms with Crippen molar-refractivity contribution in [1.29, 1.82) is 0 Å². The average molecular weight is 565 g/mol. The summed E-state index contributed by atoms with van der Waals surface area (Å²) < 4.78 is 68.4. The number of nitrogens with zero attached hydrogens (tertiary/aromatic N) is 1. The van der Waals surface area contributed by atoms with Crippen LogP contribution in [0.2, 0.25) is 0 Å². The van der Waals surface area contributed by atoms with Crippen LogP contribution in [-0.4, -0.2) is 65.6 Å². The Hall–Kier alpha value is -3.56. The van der Waals surface area contributed by atoms with Gasteiger partial charge >= 0.3 is 25.6 Å². The van der Waals surface area contributed by atoms with Gasteiger partial charge < -0.3 is 34.8 Å². The van der Waals surface area contributed by atoms with Gasteiger partial charge in [-0.15, -0.1) is 0 Å². The van der Waals surface area contributed by atoms with Crippen LogP contribution in [0.3, 0.4) is 0 Å². The highest BCUT2D eigenvalue weighted by atomic mass is 31.2. The third kappa shape index (κ3) is 7.72. The number of anilines is 2. The molecule has 0 unspecified atom stereocenters. The minimum Gasteiger partial charge on any atom is -0.497 e. The lowest BCUT2D eigenvalue weighted by molar-refractivity contribution is -0.193. The number of hydrazine groups is 2. The first-order valence-corrected chi connectivity index (χ1v) is 12.3. The van der Waals surface area contributed by atoms with Crippen molar-refractivity contribution in [3.05, 3.63) is 48.5 Å². The second kappa shape index (κ2) is 12.8. The zero-order valence-corrected chi connectivity index (χ0v) is 21.3. The molecule has 38 heavy (non-hydrogen) atoms. The molecule has 0 atom stereocenters. The molecule has 0 aliphatic carbocycles. The Morgan fingerprint density at radius 1 is 0.895 bits per heavy atom. The third-order valence-corrected chi connectivity index (χ3v) is 6.14. The Morgan fingerprint density at radius 3 is 1.63 bits per heavy atom. The minimum atomic E-state index is -5.87. The summed E-state index contributed by atoms with van der Waals surface area (Å²) in [6.07, 6.45) is -5.64. The van der Waals surface area contributed by atoms with Gasteiger partial charge in [0, 0.05) is 11.4 Å². The molecule has 0 fully saturated rings. The summed E-state index contributed by atoms with van der Waals surface area (Å²) in [5.41, 5.74) is 5.65. The standard InChI is InChI=1S/C21H27F3N5O8P/c1-4-37-18(30)13-29(19(31)20(22,23)24)21(38(32,33)34,27-25-14-5-9-16(35-2)10-6-14)28-26-15-7-11-17(36-3)12-8-15/h5-12,25-28H,4,13H2,1-3H3,(H2,32,33,34). The SMILES string of the molecule is CCOC(=O)CN(C(=O)C(F)(F)F)C(NNc1ccc(OC)cc1)(NNc1ccc(OC)cc1)P(=O)(O)O. The molecule has 0 saturated heterocycles. The molecule has 2 rings (SSSR count). The van der Waals surface area contributed by atoms with E-state index < -0.39 is 42.6 Å². The second-order valence-corrected chi connectivity index (χ2v) is 9.10. The molecule has 17 heteroatoms. The summed E-state index contributed by atoms with van der Waals surface area (Å²) in [6.45, 7) is -0.409. The van der Waals surface area contributed by atoms with Crippen LogP contribution in [-0.2, 0) is 18.9 Å². The highest BCUT2D eigenvalue weighted by molar-refractivity contribution is 7.53. The van der Waals surface area contributed by atoms with Gasteiger partial charge in [-0.2, -0.15) is 24.0 Å². The molecule has 2 aromatic carbocycles. The van der Waals surface area contributed by atoms with Crippen molar-refractivity contribution in [2.24, 2.45) is 0 Å². The van der Waals surface area contributed by atoms with Crippen molar-refractivity contribution in [2.45, 2.75) is 18.6 Å². The number of esters is 1. The number of amides is 1. The first-order valence-electron chi connectivity index (χ1n) is 10.7. The van der Waals surface area contributed by atoms with E-state index in [-0.39, 0.29) is 18.0 Å². The molecule has 210 valence electrons. The van der Waals surface area contributed by atoms with E-state index in [2.05, 4.69) is 26.4 Å². The largest absolute Gasteiger partial charge is 0.497 e. The topological polar surface area (TPSA) is 171 Å². The molecule has 0 saturated carbocycles. The Morgan fingerprint density at radius 2 is 1.32 bits per heavy atom. The number of hydrogen-bond donors (Lipinski definition) is 6. The van der Waals surface area contributed by atoms with Gasteiger partial charge in [-0.25, -0.2) is 0 Å². The number of hydrogen-bond acceptors (Lipinski definition) is 10. The first kappa shape index (κ1) is 30.7. The Balaban J connectivity index is 2.60. The molecule has 0 aliphatic heterocycles. The second-order valence-electron chi connectivity index (χ2n) is 7.37. The van der Waals surface area contributed by atoms with Gasteiger partial charge in [-0.1, -0.05) is 0 Å². The molecule has 0 heterocycles. The van der Waals surface area contributed by atoms with Gasteiger partial charge in [0.25, 0.3) is 5.53 Å². The van der Waals surface area contributed by atoms with E-state index in [1.807, 2.05) is 0 Å². The lowest BCUT2D eigenvalue weighted by Crippen LogP contribution is -2.73. The van der Waals surface area contributed by atoms with Crippen molar-refractivity contribution in [1.82, 2.24) is 15.8 Å². The summed E-state index contributed by atoms with van der Waals surface area (Å²) in [5, 5.41) is 0. The van der Waals surface area contributed by atoms with Gasteiger partial charge in [0.15, 0.2) is 0 Å². The number of nitrogens with one attached hydrogen (secondary N) is 4. The highest BCUT2D eigenvalue weighted by Gasteiger charge is 2.60. The van der Waals surface area contributed by atoms with E-state index in [0.29, 0.717) is 11.5 Å². The van der Waals surface area contributed by atoms with Crippen molar-refractivity contribution < 1.29 is 51.3 Å². The van der Waals surface area contributed by atoms with E-state index in [0.717, 1.165) is 0 Å². The Labute approximate surface area is 215 Å². The predicted octanol–water partition coefficient (Wildman–Crippen LogP) is 1.98. The Bertz CT molecular complexity index is 1080. The summed E-state index contributed by atoms with van der Waals surface area (Å²) in [5.74, 6) is -3.29. The zero-order chi connectivity index (χ0) is 28.6. The number of methoxy groups -OCH3 is 2. The lowest BCUT2D eigenvalue weighted by Gasteiger charge is -2.44. The predicted molar refractivity (Wildman–Crippen MR) is 129 cm³/mol. The summed E-state index contributed by atoms with van der Waals surface area (Å²) in [4.78, 5) is 44.9. The lowest BCUT2D eigenvalue weighted by atomic mass is 10.3. The molecule has 0 bridgehead atoms. The number of carbonyl (C=O) groups excluding carboxylic acids is 2. The quantitative estimate of drug-likeness (QED) is 0.0905. The maximum Gasteiger partial charge on any atom is 0.471 e. The van der Waals surface area contributed by atoms with Crippen LogP contribution in [0.1, 0.15) is 6.92 Å². The molecule has 2 aromatic rings. The fourth-order valence-corrected chi connectivity index (χ4v) is 3.84. The number of rotatable bonds is 13. The molecule has 0 spiro atoms. The van der Waals surface area contributed by atoms with Gasteiger partial charge in [-0.05, 0) is 55.5 Å². The van der Waals surface area contributed by atoms with Crippen LogP contribution in [0.25, 0.3) is 0 Å². The fourth-order valence-electron chi connectivity index (χ4n) is 2.96. The zero-order valence-electron chi connectivity index (χ0n) is 20.4. The van der Waals surface area contributed by atoms with Crippen molar-refractivity contribution in [3.63, 3.8) is 0 Å². The maximum absolute atomic E-state index is 13.6. The minimum absolute atomic E-state index is 0.102. The van der Waals surface area contributed by atoms with Crippen LogP contribution >= 0.6 is 7.60 Å². The molecule has 0 aromatic heterocycles. The smallest absolute Gasteiger partial charge is 0.471 e. The van der Waals surface area contributed by atoms with Gasteiger partial charge in [0.2, 0.25) is 0 Å². The van der Waals surface area contributed by atoms with Crippen LogP contribution < -0.4 is 31.2 Å². The first-order chi connectivity index (χ1) is 17.8. The molecule has 1 amide bonds. The summed E-state index contributed by atoms with van der Waals surface area (Å²) >= 11 is 0. The van der Waals surface area contributed by atoms with Crippen LogP contribution in [0.5, 0.6) is 11.5 Å². The van der Waals surface area contributed by atoms with Crippen LogP contribution in [0.15, 0.2) is 48.5 Å². The summed E-state index contributed by atoms with van der Waals surface area (Å²) in [7, 11) is -3.08. The maximum atomic E-state index is 13.6. The van der Waals surface area contributed by atoms with Crippen molar-refractivity contribution in [2.75, 3.05) is 38.2 Å². The van der Waals surface area contributed by atoms with E-state index in [9.17, 15) is 37.1 Å². The van der Waals surface area contributed by atoms with E-state index in [1.165, 1.54) is 69.7 Å². The number of benzene rings is 2. The van der Waals surface area contributed by atoms with E-state index in [1.54, 1.807) is 0 Å². The molecule has 13 nitrogen and oxygen atoms in total. The van der Waals surface area contributed by atoms with Crippen molar-refractivity contribution >= 4 is 30.8 Å². The number of alkyl halides is 3. The molecular weight excluding hydrogens is 538 g/mol. The fraction of sp³-hybridized carbons (Fsp3) is 0.333. The van der Waals surface area contributed by atoms with Gasteiger partial charge in [0.05, 0.1) is 20.8 Å². The number of carbonyl (C=O) groups is 2. The summed E-state index contributed by atoms with van der Waals surface area (Å²) in [6, 6.07) is 11.3. The van der Waals surface area contributed by atoms with Crippen LogP contribution in [0, 0.1) is 0 Å². The van der Waals surface area contributed by atoms with Gasteiger partial charge in [0.1, 0.15) is 18.0 Å². The number of halogens is 3. The average Bonchev–Trinajstić information content (AvgIpc) is 2.87. The van der Waals surface area contributed by atoms with Gasteiger partial charge in [-0.3, -0.25) is 19.1 Å². The third-order valence-electron chi connectivity index (χ3n) is 4.83. The normalized spacial score (nSPS) is 11.9. The molecule has 0 aliphatic rings. The van der Waals surface area contributed by atoms with E-state index >= 15 is 0 Å². The highest BCUT2D eigenvalue weighted by Crippen LogP contribution is 2.50. The number of ether oxygens (including phenoxy) is 3. The van der Waals surface area contributed by atoms with Crippen molar-refractivity contribution in [3.8, 4) is 11.5 Å². The Kier molecular flexibility index (Phi) is 10.3.